The summed E-state index contributed by atoms with van der Waals surface area (Å²) in [6.45, 7) is 4.45. The van der Waals surface area contributed by atoms with Gasteiger partial charge in [-0.25, -0.2) is 0 Å². The first-order chi connectivity index (χ1) is 12.8. The topological polar surface area (TPSA) is 21.7 Å². The Morgan fingerprint density at radius 2 is 2.00 bits per heavy atom. The van der Waals surface area contributed by atoms with Crippen LogP contribution in [-0.4, -0.2) is 37.2 Å². The van der Waals surface area contributed by atoms with E-state index in [0.29, 0.717) is 6.04 Å². The van der Waals surface area contributed by atoms with Crippen LogP contribution in [0, 0.1) is 0 Å². The fourth-order valence-electron chi connectivity index (χ4n) is 4.57. The zero-order chi connectivity index (χ0) is 17.9. The second kappa shape index (κ2) is 7.81. The van der Waals surface area contributed by atoms with Crippen LogP contribution in [0.2, 0.25) is 0 Å². The Kier molecular flexibility index (Phi) is 5.28. The van der Waals surface area contributed by atoms with Gasteiger partial charge in [0, 0.05) is 12.6 Å². The first-order valence-electron chi connectivity index (χ1n) is 9.88. The number of morpholine rings is 1. The van der Waals surface area contributed by atoms with E-state index in [1.54, 1.807) is 7.11 Å². The van der Waals surface area contributed by atoms with Gasteiger partial charge in [0.05, 0.1) is 19.3 Å². The summed E-state index contributed by atoms with van der Waals surface area (Å²) in [6, 6.07) is 17.7. The van der Waals surface area contributed by atoms with Crippen LogP contribution >= 0.6 is 0 Å². The third kappa shape index (κ3) is 3.51. The first-order valence-corrected chi connectivity index (χ1v) is 9.88. The van der Waals surface area contributed by atoms with Gasteiger partial charge in [-0.3, -0.25) is 4.90 Å². The van der Waals surface area contributed by atoms with Crippen LogP contribution < -0.4 is 4.74 Å². The Bertz CT molecular complexity index is 730. The molecule has 138 valence electrons. The largest absolute Gasteiger partial charge is 0.497 e. The van der Waals surface area contributed by atoms with E-state index in [4.69, 9.17) is 9.47 Å². The molecule has 0 N–H and O–H groups in total. The molecule has 1 aliphatic carbocycles. The normalized spacial score (nSPS) is 25.4. The van der Waals surface area contributed by atoms with Crippen LogP contribution in [0.15, 0.2) is 48.5 Å². The van der Waals surface area contributed by atoms with Crippen LogP contribution in [0.1, 0.15) is 42.6 Å². The second-order valence-corrected chi connectivity index (χ2v) is 7.53. The van der Waals surface area contributed by atoms with Crippen molar-refractivity contribution in [3.63, 3.8) is 0 Å². The summed E-state index contributed by atoms with van der Waals surface area (Å²) in [5, 5.41) is 0. The lowest BCUT2D eigenvalue weighted by Crippen LogP contribution is -2.53. The van der Waals surface area contributed by atoms with E-state index in [9.17, 15) is 0 Å². The lowest BCUT2D eigenvalue weighted by Gasteiger charge is -2.47. The van der Waals surface area contributed by atoms with Crippen molar-refractivity contribution in [2.45, 2.75) is 50.9 Å². The van der Waals surface area contributed by atoms with Crippen molar-refractivity contribution in [3.05, 3.63) is 65.2 Å². The molecule has 4 rings (SSSR count). The Balaban J connectivity index is 1.62. The van der Waals surface area contributed by atoms with Crippen LogP contribution in [0.4, 0.5) is 0 Å². The van der Waals surface area contributed by atoms with Gasteiger partial charge in [-0.1, -0.05) is 43.3 Å². The van der Waals surface area contributed by atoms with Gasteiger partial charge in [-0.15, -0.1) is 0 Å². The first kappa shape index (κ1) is 17.6. The molecule has 0 saturated carbocycles. The summed E-state index contributed by atoms with van der Waals surface area (Å²) >= 11 is 0. The van der Waals surface area contributed by atoms with E-state index in [0.717, 1.165) is 31.7 Å². The number of hydrogen-bond acceptors (Lipinski definition) is 3. The average Bonchev–Trinajstić information content (AvgIpc) is 2.68. The molecule has 0 bridgehead atoms. The number of rotatable bonds is 5. The third-order valence-electron chi connectivity index (χ3n) is 5.78. The van der Waals surface area contributed by atoms with Gasteiger partial charge in [0.1, 0.15) is 5.75 Å². The molecule has 1 heterocycles. The summed E-state index contributed by atoms with van der Waals surface area (Å²) in [4.78, 5) is 2.67. The average molecular weight is 351 g/mol. The number of nitrogens with zero attached hydrogens (tertiary/aromatic N) is 1. The van der Waals surface area contributed by atoms with Crippen molar-refractivity contribution in [2.24, 2.45) is 0 Å². The number of ether oxygens (including phenoxy) is 2. The summed E-state index contributed by atoms with van der Waals surface area (Å²) in [5.41, 5.74) is 4.11. The Morgan fingerprint density at radius 3 is 2.77 bits per heavy atom. The van der Waals surface area contributed by atoms with Crippen molar-refractivity contribution in [2.75, 3.05) is 20.2 Å². The van der Waals surface area contributed by atoms with Gasteiger partial charge < -0.3 is 9.47 Å². The zero-order valence-electron chi connectivity index (χ0n) is 15.9. The van der Waals surface area contributed by atoms with E-state index in [2.05, 4.69) is 60.4 Å². The van der Waals surface area contributed by atoms with Gasteiger partial charge in [0.2, 0.25) is 0 Å². The van der Waals surface area contributed by atoms with Crippen LogP contribution in [-0.2, 0) is 17.6 Å². The van der Waals surface area contributed by atoms with Crippen LogP contribution in [0.25, 0.3) is 0 Å². The lowest BCUT2D eigenvalue weighted by molar-refractivity contribution is -0.127. The lowest BCUT2D eigenvalue weighted by atomic mass is 9.83. The maximum Gasteiger partial charge on any atom is 0.119 e. The zero-order valence-corrected chi connectivity index (χ0v) is 15.9. The van der Waals surface area contributed by atoms with E-state index in [1.807, 2.05) is 0 Å². The highest BCUT2D eigenvalue weighted by Crippen LogP contribution is 2.41. The molecule has 2 aromatic rings. The van der Waals surface area contributed by atoms with Crippen LogP contribution in [0.5, 0.6) is 5.75 Å². The van der Waals surface area contributed by atoms with Gasteiger partial charge >= 0.3 is 0 Å². The quantitative estimate of drug-likeness (QED) is 0.797. The van der Waals surface area contributed by atoms with Gasteiger partial charge in [0.15, 0.2) is 0 Å². The van der Waals surface area contributed by atoms with Crippen LogP contribution in [0.3, 0.4) is 0 Å². The molecule has 0 amide bonds. The minimum absolute atomic E-state index is 0.155. The third-order valence-corrected chi connectivity index (χ3v) is 5.78. The smallest absolute Gasteiger partial charge is 0.119 e. The van der Waals surface area contributed by atoms with Gasteiger partial charge in [-0.2, -0.15) is 0 Å². The summed E-state index contributed by atoms with van der Waals surface area (Å²) in [5.74, 6) is 0.931. The molecule has 1 fully saturated rings. The highest BCUT2D eigenvalue weighted by atomic mass is 16.5. The van der Waals surface area contributed by atoms with Crippen molar-refractivity contribution in [3.8, 4) is 5.75 Å². The predicted octanol–water partition coefficient (Wildman–Crippen LogP) is 4.40. The molecule has 3 atom stereocenters. The standard InChI is InChI=1S/C23H29NO2/c1-3-13-24-16-20(14-17-7-5-4-6-8-17)26-23-21-15-19(25-2)11-9-18(21)10-12-22(23)24/h4-9,11,15,20,22-23H,3,10,12-14,16H2,1-2H3/t20?,22-,23-/m1/s1. The number of hydrogen-bond donors (Lipinski definition) is 0. The number of benzene rings is 2. The Hall–Kier alpha value is -1.84. The molecule has 0 aromatic heterocycles. The molecular weight excluding hydrogens is 322 g/mol. The molecule has 1 unspecified atom stereocenters. The minimum atomic E-state index is 0.155. The molecule has 3 nitrogen and oxygen atoms in total. The molecule has 26 heavy (non-hydrogen) atoms. The molecule has 3 heteroatoms. The Labute approximate surface area is 156 Å². The van der Waals surface area contributed by atoms with Crippen molar-refractivity contribution in [1.82, 2.24) is 4.90 Å². The van der Waals surface area contributed by atoms with E-state index >= 15 is 0 Å². The summed E-state index contributed by atoms with van der Waals surface area (Å²) < 4.78 is 12.2. The fourth-order valence-corrected chi connectivity index (χ4v) is 4.57. The maximum absolute atomic E-state index is 6.70. The summed E-state index contributed by atoms with van der Waals surface area (Å²) in [6.07, 6.45) is 4.87. The molecule has 2 aliphatic rings. The highest BCUT2D eigenvalue weighted by molar-refractivity contribution is 5.40. The summed E-state index contributed by atoms with van der Waals surface area (Å²) in [7, 11) is 1.74. The SMILES string of the molecule is CCCN1CC(Cc2ccccc2)O[C@@H]2c3cc(OC)ccc3CC[C@H]21. The number of aryl methyl sites for hydroxylation is 1. The van der Waals surface area contributed by atoms with E-state index in [-0.39, 0.29) is 12.2 Å². The second-order valence-electron chi connectivity index (χ2n) is 7.53. The number of methoxy groups -OCH3 is 1. The maximum atomic E-state index is 6.70. The molecule has 1 aliphatic heterocycles. The van der Waals surface area contributed by atoms with Gasteiger partial charge in [-0.05, 0) is 61.1 Å². The predicted molar refractivity (Wildman–Crippen MR) is 105 cm³/mol. The molecule has 2 aromatic carbocycles. The van der Waals surface area contributed by atoms with Crippen molar-refractivity contribution < 1.29 is 9.47 Å². The fraction of sp³-hybridized carbons (Fsp3) is 0.478. The van der Waals surface area contributed by atoms with E-state index in [1.165, 1.54) is 29.5 Å². The van der Waals surface area contributed by atoms with E-state index < -0.39 is 0 Å². The van der Waals surface area contributed by atoms with Crippen molar-refractivity contribution >= 4 is 0 Å². The molecule has 0 radical (unpaired) electrons. The highest BCUT2D eigenvalue weighted by Gasteiger charge is 2.40. The molecule has 1 saturated heterocycles. The Morgan fingerprint density at radius 1 is 1.15 bits per heavy atom. The van der Waals surface area contributed by atoms with Gasteiger partial charge in [0.25, 0.3) is 0 Å². The van der Waals surface area contributed by atoms with Crippen molar-refractivity contribution in [1.29, 1.82) is 0 Å². The number of fused-ring (bicyclic) bond motifs is 3. The monoisotopic (exact) mass is 351 g/mol. The molecule has 0 spiro atoms. The molecular formula is C23H29NO2. The minimum Gasteiger partial charge on any atom is -0.497 e.